The highest BCUT2D eigenvalue weighted by molar-refractivity contribution is 4.90. The molecule has 3 unspecified atom stereocenters. The van der Waals surface area contributed by atoms with E-state index in [4.69, 9.17) is 0 Å². The third kappa shape index (κ3) is 2.92. The van der Waals surface area contributed by atoms with Gasteiger partial charge in [0.1, 0.15) is 0 Å². The fourth-order valence-electron chi connectivity index (χ4n) is 1.63. The van der Waals surface area contributed by atoms with Crippen molar-refractivity contribution < 1.29 is 10.2 Å². The number of aliphatic hydroxyl groups excluding tert-OH is 2. The molecule has 4 heteroatoms. The fraction of sp³-hybridized carbons (Fsp3) is 1.00. The molecule has 0 fully saturated rings. The van der Waals surface area contributed by atoms with E-state index in [2.05, 4.69) is 10.9 Å². The third-order valence-corrected chi connectivity index (χ3v) is 3.24. The molecule has 0 aromatic carbocycles. The van der Waals surface area contributed by atoms with Crippen LogP contribution in [0.25, 0.3) is 0 Å². The number of hydrogen-bond donors (Lipinski definition) is 4. The van der Waals surface area contributed by atoms with Gasteiger partial charge in [-0.3, -0.25) is 10.9 Å². The summed E-state index contributed by atoms with van der Waals surface area (Å²) in [6.07, 6.45) is -0.370. The Morgan fingerprint density at radius 1 is 1.29 bits per heavy atom. The predicted molar refractivity (Wildman–Crippen MR) is 57.7 cm³/mol. The monoisotopic (exact) mass is 204 g/mol. The maximum Gasteiger partial charge on any atom is 0.0781 e. The lowest BCUT2D eigenvalue weighted by atomic mass is 9.74. The lowest BCUT2D eigenvalue weighted by Crippen LogP contribution is -2.53. The maximum atomic E-state index is 10.1. The van der Waals surface area contributed by atoms with Crippen molar-refractivity contribution in [2.45, 2.75) is 52.4 Å². The molecule has 0 rings (SSSR count). The highest BCUT2D eigenvalue weighted by Gasteiger charge is 2.38. The van der Waals surface area contributed by atoms with Crippen molar-refractivity contribution in [3.63, 3.8) is 0 Å². The van der Waals surface area contributed by atoms with Gasteiger partial charge in [0.05, 0.1) is 12.2 Å². The molecule has 14 heavy (non-hydrogen) atoms. The van der Waals surface area contributed by atoms with Crippen molar-refractivity contribution >= 4 is 0 Å². The molecule has 0 aromatic rings. The molecular weight excluding hydrogens is 180 g/mol. The molecule has 0 aliphatic carbocycles. The van der Waals surface area contributed by atoms with Crippen LogP contribution < -0.4 is 10.9 Å². The van der Waals surface area contributed by atoms with Crippen LogP contribution in [0, 0.1) is 5.41 Å². The summed E-state index contributed by atoms with van der Waals surface area (Å²) in [5.41, 5.74) is 5.25. The summed E-state index contributed by atoms with van der Waals surface area (Å²) in [4.78, 5) is 0. The molecule has 4 atom stereocenters. The Bertz CT molecular complexity index is 164. The van der Waals surface area contributed by atoms with Crippen molar-refractivity contribution in [3.05, 3.63) is 0 Å². The molecule has 0 radical (unpaired) electrons. The summed E-state index contributed by atoms with van der Waals surface area (Å²) in [6, 6.07) is -0.0976. The topological polar surface area (TPSA) is 64.5 Å². The summed E-state index contributed by atoms with van der Waals surface area (Å²) < 4.78 is 0. The molecule has 4 nitrogen and oxygen atoms in total. The van der Waals surface area contributed by atoms with E-state index in [9.17, 15) is 10.2 Å². The van der Waals surface area contributed by atoms with E-state index in [1.807, 2.05) is 20.8 Å². The summed E-state index contributed by atoms with van der Waals surface area (Å²) in [5.74, 6) is 0. The van der Waals surface area contributed by atoms with E-state index in [0.717, 1.165) is 6.42 Å². The van der Waals surface area contributed by atoms with E-state index in [1.54, 1.807) is 14.0 Å². The molecule has 4 N–H and O–H groups in total. The number of hydrogen-bond acceptors (Lipinski definition) is 4. The van der Waals surface area contributed by atoms with Gasteiger partial charge < -0.3 is 10.2 Å². The van der Waals surface area contributed by atoms with Gasteiger partial charge in [-0.25, -0.2) is 0 Å². The van der Waals surface area contributed by atoms with Crippen molar-refractivity contribution in [1.82, 2.24) is 10.9 Å². The predicted octanol–water partition coefficient (Wildman–Crippen LogP) is 0.257. The van der Waals surface area contributed by atoms with E-state index < -0.39 is 17.6 Å². The van der Waals surface area contributed by atoms with Crippen LogP contribution in [-0.2, 0) is 0 Å². The van der Waals surface area contributed by atoms with E-state index in [-0.39, 0.29) is 6.04 Å². The highest BCUT2D eigenvalue weighted by Crippen LogP contribution is 2.31. The Morgan fingerprint density at radius 3 is 2.07 bits per heavy atom. The first-order valence-corrected chi connectivity index (χ1v) is 5.18. The van der Waals surface area contributed by atoms with E-state index in [1.165, 1.54) is 0 Å². The van der Waals surface area contributed by atoms with Gasteiger partial charge in [-0.05, 0) is 27.3 Å². The van der Waals surface area contributed by atoms with Crippen LogP contribution in [0.5, 0.6) is 0 Å². The molecule has 0 aromatic heterocycles. The van der Waals surface area contributed by atoms with Crippen LogP contribution in [0.3, 0.4) is 0 Å². The Hall–Kier alpha value is -0.160. The molecule has 0 aliphatic rings. The molecule has 0 aliphatic heterocycles. The molecule has 0 amide bonds. The quantitative estimate of drug-likeness (QED) is 0.469. The molecule has 0 bridgehead atoms. The molecule has 0 saturated heterocycles. The second-order valence-corrected chi connectivity index (χ2v) is 4.16. The zero-order chi connectivity index (χ0) is 11.4. The summed E-state index contributed by atoms with van der Waals surface area (Å²) >= 11 is 0. The van der Waals surface area contributed by atoms with Gasteiger partial charge in [0.2, 0.25) is 0 Å². The van der Waals surface area contributed by atoms with Gasteiger partial charge in [0.25, 0.3) is 0 Å². The van der Waals surface area contributed by atoms with Crippen LogP contribution in [0.15, 0.2) is 0 Å². The van der Waals surface area contributed by atoms with Crippen LogP contribution in [-0.4, -0.2) is 35.5 Å². The minimum Gasteiger partial charge on any atom is -0.393 e. The van der Waals surface area contributed by atoms with Gasteiger partial charge >= 0.3 is 0 Å². The van der Waals surface area contributed by atoms with E-state index in [0.29, 0.717) is 0 Å². The highest BCUT2D eigenvalue weighted by atomic mass is 16.3. The van der Waals surface area contributed by atoms with Crippen molar-refractivity contribution in [1.29, 1.82) is 0 Å². The first-order valence-electron chi connectivity index (χ1n) is 5.18. The average molecular weight is 204 g/mol. The molecule has 0 saturated carbocycles. The fourth-order valence-corrected chi connectivity index (χ4v) is 1.63. The third-order valence-electron chi connectivity index (χ3n) is 3.24. The Morgan fingerprint density at radius 2 is 1.79 bits per heavy atom. The minimum atomic E-state index is -0.583. The van der Waals surface area contributed by atoms with Gasteiger partial charge in [-0.15, -0.1) is 0 Å². The van der Waals surface area contributed by atoms with Crippen LogP contribution in [0.4, 0.5) is 0 Å². The van der Waals surface area contributed by atoms with Gasteiger partial charge in [0.15, 0.2) is 0 Å². The smallest absolute Gasteiger partial charge is 0.0781 e. The summed E-state index contributed by atoms with van der Waals surface area (Å²) in [7, 11) is 1.76. The van der Waals surface area contributed by atoms with Crippen molar-refractivity contribution in [3.8, 4) is 0 Å². The Kier molecular flexibility index (Phi) is 5.59. The summed E-state index contributed by atoms with van der Waals surface area (Å²) in [5, 5.41) is 19.7. The van der Waals surface area contributed by atoms with Gasteiger partial charge in [0, 0.05) is 11.5 Å². The summed E-state index contributed by atoms with van der Waals surface area (Å²) in [6.45, 7) is 7.48. The Labute approximate surface area is 86.7 Å². The van der Waals surface area contributed by atoms with Crippen LogP contribution in [0.2, 0.25) is 0 Å². The zero-order valence-corrected chi connectivity index (χ0v) is 9.83. The van der Waals surface area contributed by atoms with Gasteiger partial charge in [-0.2, -0.15) is 0 Å². The zero-order valence-electron chi connectivity index (χ0n) is 9.83. The van der Waals surface area contributed by atoms with Crippen LogP contribution >= 0.6 is 0 Å². The first-order chi connectivity index (χ1) is 6.40. The first kappa shape index (κ1) is 13.8. The molecule has 0 heterocycles. The van der Waals surface area contributed by atoms with Crippen molar-refractivity contribution in [2.24, 2.45) is 5.41 Å². The SMILES string of the molecule is CCC(C)(C(O)C(C)NNC)[C@H](C)O. The van der Waals surface area contributed by atoms with Crippen molar-refractivity contribution in [2.75, 3.05) is 7.05 Å². The molecule has 0 spiro atoms. The lowest BCUT2D eigenvalue weighted by molar-refractivity contribution is -0.0682. The maximum absolute atomic E-state index is 10.1. The number of rotatable bonds is 6. The Balaban J connectivity index is 4.51. The minimum absolute atomic E-state index is 0.0976. The van der Waals surface area contributed by atoms with Gasteiger partial charge in [-0.1, -0.05) is 13.8 Å². The number of nitrogens with one attached hydrogen (secondary N) is 2. The number of aliphatic hydroxyl groups is 2. The van der Waals surface area contributed by atoms with Crippen LogP contribution in [0.1, 0.15) is 34.1 Å². The molecular formula is C10H24N2O2. The van der Waals surface area contributed by atoms with E-state index >= 15 is 0 Å². The second-order valence-electron chi connectivity index (χ2n) is 4.16. The molecule has 86 valence electrons. The lowest BCUT2D eigenvalue weighted by Gasteiger charge is -2.39. The standard InChI is InChI=1S/C10H24N2O2/c1-6-10(4,8(3)13)9(14)7(2)12-11-5/h7-9,11-14H,6H2,1-5H3/t7?,8-,9?,10?/m0/s1. The average Bonchev–Trinajstić information content (AvgIpc) is 2.15. The number of hydrazine groups is 1. The second kappa shape index (κ2) is 5.66. The largest absolute Gasteiger partial charge is 0.393 e. The normalized spacial score (nSPS) is 22.5.